The van der Waals surface area contributed by atoms with Gasteiger partial charge in [-0.2, -0.15) is 8.42 Å². The average molecular weight is 292 g/mol. The number of nitrogens with one attached hydrogen (secondary N) is 1. The van der Waals surface area contributed by atoms with Crippen LogP contribution < -0.4 is 9.46 Å². The molecule has 1 rings (SSSR count). The van der Waals surface area contributed by atoms with Gasteiger partial charge >= 0.3 is 9.24 Å². The fourth-order valence-corrected chi connectivity index (χ4v) is 2.16. The van der Waals surface area contributed by atoms with Crippen LogP contribution in [0.1, 0.15) is 32.6 Å². The molecule has 0 heterocycles. The SMILES string of the molecule is CCCCCCOc1ccc(NS(=O)(=O)Cl)cc1. The molecule has 1 aromatic carbocycles. The van der Waals surface area contributed by atoms with Crippen LogP contribution in [0.5, 0.6) is 5.75 Å². The van der Waals surface area contributed by atoms with E-state index in [0.29, 0.717) is 12.3 Å². The normalized spacial score (nSPS) is 11.2. The third-order valence-electron chi connectivity index (χ3n) is 2.36. The zero-order valence-electron chi connectivity index (χ0n) is 10.4. The molecule has 0 aromatic heterocycles. The van der Waals surface area contributed by atoms with E-state index in [1.165, 1.54) is 19.3 Å². The van der Waals surface area contributed by atoms with Gasteiger partial charge in [0.25, 0.3) is 0 Å². The standard InChI is InChI=1S/C12H18ClNO3S/c1-2-3-4-5-10-17-12-8-6-11(7-9-12)14-18(13,15)16/h6-9,14H,2-5,10H2,1H3. The van der Waals surface area contributed by atoms with Crippen molar-refractivity contribution in [2.24, 2.45) is 0 Å². The molecule has 0 spiro atoms. The average Bonchev–Trinajstić information content (AvgIpc) is 2.29. The summed E-state index contributed by atoms with van der Waals surface area (Å²) in [5, 5.41) is 0. The Bertz CT molecular complexity index is 445. The Morgan fingerprint density at radius 2 is 1.83 bits per heavy atom. The Morgan fingerprint density at radius 1 is 1.17 bits per heavy atom. The highest BCUT2D eigenvalue weighted by molar-refractivity contribution is 8.14. The van der Waals surface area contributed by atoms with Crippen molar-refractivity contribution in [3.63, 3.8) is 0 Å². The van der Waals surface area contributed by atoms with Crippen LogP contribution in [0.25, 0.3) is 0 Å². The number of benzene rings is 1. The molecule has 0 saturated heterocycles. The second kappa shape index (κ2) is 7.48. The Balaban J connectivity index is 2.36. The molecular weight excluding hydrogens is 274 g/mol. The van der Waals surface area contributed by atoms with E-state index in [9.17, 15) is 8.42 Å². The van der Waals surface area contributed by atoms with Gasteiger partial charge < -0.3 is 4.74 Å². The van der Waals surface area contributed by atoms with E-state index in [0.717, 1.165) is 12.2 Å². The molecule has 0 aliphatic carbocycles. The second-order valence-corrected chi connectivity index (χ2v) is 6.27. The Kier molecular flexibility index (Phi) is 6.29. The van der Waals surface area contributed by atoms with Crippen LogP contribution in [0.15, 0.2) is 24.3 Å². The molecule has 1 aromatic rings. The van der Waals surface area contributed by atoms with Crippen LogP contribution in [0.4, 0.5) is 5.69 Å². The molecular formula is C12H18ClNO3S. The zero-order valence-corrected chi connectivity index (χ0v) is 11.9. The highest BCUT2D eigenvalue weighted by atomic mass is 35.7. The number of hydrogen-bond donors (Lipinski definition) is 1. The van der Waals surface area contributed by atoms with Gasteiger partial charge in [-0.3, -0.25) is 4.72 Å². The smallest absolute Gasteiger partial charge is 0.319 e. The topological polar surface area (TPSA) is 55.4 Å². The Hall–Kier alpha value is -0.940. The number of rotatable bonds is 8. The zero-order chi connectivity index (χ0) is 13.4. The van der Waals surface area contributed by atoms with Crippen LogP contribution in [-0.2, 0) is 9.24 Å². The molecule has 0 atom stereocenters. The summed E-state index contributed by atoms with van der Waals surface area (Å²) in [5.41, 5.74) is 0.420. The predicted octanol–water partition coefficient (Wildman–Crippen LogP) is 3.54. The molecule has 1 N–H and O–H groups in total. The van der Waals surface area contributed by atoms with Crippen LogP contribution in [0.3, 0.4) is 0 Å². The van der Waals surface area contributed by atoms with Gasteiger partial charge in [0.1, 0.15) is 5.75 Å². The molecule has 0 unspecified atom stereocenters. The molecule has 18 heavy (non-hydrogen) atoms. The molecule has 0 aliphatic rings. The van der Waals surface area contributed by atoms with Crippen LogP contribution in [-0.4, -0.2) is 15.0 Å². The minimum absolute atomic E-state index is 0.420. The van der Waals surface area contributed by atoms with E-state index in [1.807, 2.05) is 0 Å². The van der Waals surface area contributed by atoms with Gasteiger partial charge in [0.15, 0.2) is 0 Å². The Labute approximate surface area is 113 Å². The predicted molar refractivity (Wildman–Crippen MR) is 74.5 cm³/mol. The van der Waals surface area contributed by atoms with E-state index in [1.54, 1.807) is 24.3 Å². The molecule has 4 nitrogen and oxygen atoms in total. The first-order chi connectivity index (χ1) is 8.51. The minimum Gasteiger partial charge on any atom is -0.494 e. The molecule has 0 aliphatic heterocycles. The van der Waals surface area contributed by atoms with E-state index in [4.69, 9.17) is 15.4 Å². The van der Waals surface area contributed by atoms with Crippen molar-refractivity contribution in [1.82, 2.24) is 0 Å². The molecule has 0 saturated carbocycles. The van der Waals surface area contributed by atoms with Crippen molar-refractivity contribution in [2.45, 2.75) is 32.6 Å². The van der Waals surface area contributed by atoms with Crippen molar-refractivity contribution >= 4 is 25.6 Å². The van der Waals surface area contributed by atoms with E-state index in [2.05, 4.69) is 11.6 Å². The van der Waals surface area contributed by atoms with Gasteiger partial charge in [0.05, 0.1) is 6.61 Å². The van der Waals surface area contributed by atoms with Gasteiger partial charge in [-0.05, 0) is 30.7 Å². The Morgan fingerprint density at radius 3 is 2.39 bits per heavy atom. The molecule has 6 heteroatoms. The van der Waals surface area contributed by atoms with Crippen LogP contribution >= 0.6 is 10.7 Å². The number of unbranched alkanes of at least 4 members (excludes halogenated alkanes) is 3. The van der Waals surface area contributed by atoms with E-state index >= 15 is 0 Å². The van der Waals surface area contributed by atoms with Crippen molar-refractivity contribution in [3.8, 4) is 5.75 Å². The van der Waals surface area contributed by atoms with Gasteiger partial charge in [-0.25, -0.2) is 0 Å². The lowest BCUT2D eigenvalue weighted by Gasteiger charge is -2.07. The number of halogens is 1. The maximum Gasteiger partial charge on any atom is 0.319 e. The summed E-state index contributed by atoms with van der Waals surface area (Å²) in [4.78, 5) is 0. The van der Waals surface area contributed by atoms with Crippen LogP contribution in [0.2, 0.25) is 0 Å². The minimum atomic E-state index is -3.74. The van der Waals surface area contributed by atoms with Crippen molar-refractivity contribution in [3.05, 3.63) is 24.3 Å². The van der Waals surface area contributed by atoms with Gasteiger partial charge in [0, 0.05) is 16.4 Å². The number of ether oxygens (including phenoxy) is 1. The van der Waals surface area contributed by atoms with Crippen molar-refractivity contribution in [2.75, 3.05) is 11.3 Å². The van der Waals surface area contributed by atoms with E-state index in [-0.39, 0.29) is 0 Å². The van der Waals surface area contributed by atoms with Crippen molar-refractivity contribution < 1.29 is 13.2 Å². The summed E-state index contributed by atoms with van der Waals surface area (Å²) < 4.78 is 29.3. The number of hydrogen-bond acceptors (Lipinski definition) is 3. The monoisotopic (exact) mass is 291 g/mol. The molecule has 102 valence electrons. The maximum absolute atomic E-state index is 10.8. The molecule has 0 radical (unpaired) electrons. The first-order valence-electron chi connectivity index (χ1n) is 5.96. The first-order valence-corrected chi connectivity index (χ1v) is 8.27. The highest BCUT2D eigenvalue weighted by Crippen LogP contribution is 2.17. The highest BCUT2D eigenvalue weighted by Gasteiger charge is 2.04. The third kappa shape index (κ3) is 6.71. The van der Waals surface area contributed by atoms with Gasteiger partial charge in [-0.15, -0.1) is 0 Å². The van der Waals surface area contributed by atoms with Crippen molar-refractivity contribution in [1.29, 1.82) is 0 Å². The first kappa shape index (κ1) is 15.1. The fourth-order valence-electron chi connectivity index (χ4n) is 1.48. The summed E-state index contributed by atoms with van der Waals surface area (Å²) in [6, 6.07) is 6.65. The summed E-state index contributed by atoms with van der Waals surface area (Å²) in [7, 11) is 1.33. The molecule has 0 bridgehead atoms. The van der Waals surface area contributed by atoms with Gasteiger partial charge in [-0.1, -0.05) is 26.2 Å². The number of anilines is 1. The van der Waals surface area contributed by atoms with Gasteiger partial charge in [0.2, 0.25) is 0 Å². The summed E-state index contributed by atoms with van der Waals surface area (Å²) >= 11 is 0. The second-order valence-electron chi connectivity index (χ2n) is 3.97. The lowest BCUT2D eigenvalue weighted by molar-refractivity contribution is 0.305. The van der Waals surface area contributed by atoms with E-state index < -0.39 is 9.24 Å². The quantitative estimate of drug-likeness (QED) is 0.589. The molecule has 0 fully saturated rings. The molecule has 0 amide bonds. The lowest BCUT2D eigenvalue weighted by Crippen LogP contribution is -2.04. The summed E-state index contributed by atoms with van der Waals surface area (Å²) in [6.45, 7) is 2.85. The third-order valence-corrected chi connectivity index (χ3v) is 3.07. The fraction of sp³-hybridized carbons (Fsp3) is 0.500. The maximum atomic E-state index is 10.8. The summed E-state index contributed by atoms with van der Waals surface area (Å²) in [5.74, 6) is 0.726. The summed E-state index contributed by atoms with van der Waals surface area (Å²) in [6.07, 6.45) is 4.62. The largest absolute Gasteiger partial charge is 0.494 e. The van der Waals surface area contributed by atoms with Crippen LogP contribution in [0, 0.1) is 0 Å². The lowest BCUT2D eigenvalue weighted by atomic mass is 10.2.